The average molecular weight is 574 g/mol. The van der Waals surface area contributed by atoms with Crippen molar-refractivity contribution in [1.29, 1.82) is 0 Å². The first kappa shape index (κ1) is 27.6. The maximum atomic E-state index is 12.9. The lowest BCUT2D eigenvalue weighted by Crippen LogP contribution is -2.35. The van der Waals surface area contributed by atoms with Crippen molar-refractivity contribution in [3.8, 4) is 17.2 Å². The Morgan fingerprint density at radius 2 is 1.68 bits per heavy atom. The van der Waals surface area contributed by atoms with E-state index in [1.807, 2.05) is 12.1 Å². The van der Waals surface area contributed by atoms with Gasteiger partial charge in [-0.15, -0.1) is 5.10 Å². The molecule has 8 nitrogen and oxygen atoms in total. The number of hydrogen-bond donors (Lipinski definition) is 0. The summed E-state index contributed by atoms with van der Waals surface area (Å²) in [6, 6.07) is 15.7. The van der Waals surface area contributed by atoms with Crippen LogP contribution in [0.2, 0.25) is 5.02 Å². The lowest BCUT2D eigenvalue weighted by molar-refractivity contribution is -0.137. The van der Waals surface area contributed by atoms with Crippen molar-refractivity contribution in [3.63, 3.8) is 0 Å². The van der Waals surface area contributed by atoms with E-state index in [9.17, 15) is 22.8 Å². The summed E-state index contributed by atoms with van der Waals surface area (Å²) in [5, 5.41) is 4.43. The van der Waals surface area contributed by atoms with Gasteiger partial charge in [0.1, 0.15) is 5.75 Å². The third-order valence-corrected chi connectivity index (χ3v) is 6.55. The number of halogens is 4. The summed E-state index contributed by atoms with van der Waals surface area (Å²) in [6.07, 6.45) is -4.50. The van der Waals surface area contributed by atoms with Gasteiger partial charge in [0.2, 0.25) is 5.89 Å². The minimum Gasteiger partial charge on any atom is -0.423 e. The molecule has 0 bridgehead atoms. The molecule has 0 amide bonds. The topological polar surface area (TPSA) is 86.8 Å². The summed E-state index contributed by atoms with van der Waals surface area (Å²) in [6.45, 7) is 3.69. The number of alkyl halides is 3. The van der Waals surface area contributed by atoms with E-state index >= 15 is 0 Å². The Labute approximate surface area is 231 Å². The van der Waals surface area contributed by atoms with Crippen LogP contribution in [0.25, 0.3) is 11.5 Å². The maximum Gasteiger partial charge on any atom is 0.437 e. The third-order valence-electron chi connectivity index (χ3n) is 6.31. The number of esters is 1. The van der Waals surface area contributed by atoms with E-state index in [0.717, 1.165) is 54.1 Å². The molecule has 4 aromatic rings. The van der Waals surface area contributed by atoms with Gasteiger partial charge in [-0.25, -0.2) is 9.59 Å². The van der Waals surface area contributed by atoms with Crippen LogP contribution < -0.4 is 10.5 Å². The Morgan fingerprint density at radius 1 is 0.975 bits per heavy atom. The molecule has 2 heterocycles. The number of carbonyl (C=O) groups excluding carboxylic acids is 1. The summed E-state index contributed by atoms with van der Waals surface area (Å²) < 4.78 is 55.7. The quantitative estimate of drug-likeness (QED) is 0.220. The molecule has 5 rings (SSSR count). The Balaban J connectivity index is 1.30. The number of aromatic nitrogens is 2. The minimum absolute atomic E-state index is 0.156. The summed E-state index contributed by atoms with van der Waals surface area (Å²) >= 11 is 6.15. The molecule has 1 saturated heterocycles. The van der Waals surface area contributed by atoms with Crippen LogP contribution in [0, 0.1) is 0 Å². The van der Waals surface area contributed by atoms with Gasteiger partial charge in [-0.05, 0) is 60.2 Å². The van der Waals surface area contributed by atoms with Crippen molar-refractivity contribution in [3.05, 3.63) is 105 Å². The van der Waals surface area contributed by atoms with Crippen LogP contribution in [0.1, 0.15) is 27.0 Å². The highest BCUT2D eigenvalue weighted by Crippen LogP contribution is 2.31. The molecule has 0 atom stereocenters. The van der Waals surface area contributed by atoms with Crippen molar-refractivity contribution < 1.29 is 31.9 Å². The van der Waals surface area contributed by atoms with Gasteiger partial charge in [0.05, 0.1) is 30.9 Å². The lowest BCUT2D eigenvalue weighted by atomic mass is 10.1. The molecule has 40 heavy (non-hydrogen) atoms. The molecule has 1 aliphatic heterocycles. The van der Waals surface area contributed by atoms with Crippen molar-refractivity contribution in [2.24, 2.45) is 0 Å². The van der Waals surface area contributed by atoms with Gasteiger partial charge in [-0.2, -0.15) is 17.9 Å². The van der Waals surface area contributed by atoms with Crippen LogP contribution in [0.15, 0.2) is 75.9 Å². The predicted molar refractivity (Wildman–Crippen MR) is 139 cm³/mol. The second kappa shape index (κ2) is 11.7. The molecule has 0 aliphatic carbocycles. The highest BCUT2D eigenvalue weighted by Gasteiger charge is 2.30. The fourth-order valence-electron chi connectivity index (χ4n) is 4.18. The number of ether oxygens (including phenoxy) is 2. The van der Waals surface area contributed by atoms with E-state index in [-0.39, 0.29) is 23.7 Å². The molecule has 3 aromatic carbocycles. The van der Waals surface area contributed by atoms with Gasteiger partial charge in [-0.1, -0.05) is 23.7 Å². The second-order valence-corrected chi connectivity index (χ2v) is 9.57. The molecule has 1 aliphatic rings. The molecule has 208 valence electrons. The van der Waals surface area contributed by atoms with Crippen molar-refractivity contribution in [2.45, 2.75) is 19.3 Å². The van der Waals surface area contributed by atoms with Gasteiger partial charge in [0.25, 0.3) is 0 Å². The average Bonchev–Trinajstić information content (AvgIpc) is 3.30. The van der Waals surface area contributed by atoms with Crippen molar-refractivity contribution >= 4 is 17.6 Å². The summed E-state index contributed by atoms with van der Waals surface area (Å²) in [5.74, 6) is -1.43. The number of morpholine rings is 1. The van der Waals surface area contributed by atoms with Crippen LogP contribution >= 0.6 is 11.6 Å². The molecule has 1 fully saturated rings. The number of nitrogens with zero attached hydrogens (tertiary/aromatic N) is 3. The maximum absolute atomic E-state index is 12.9. The molecule has 0 spiro atoms. The van der Waals surface area contributed by atoms with E-state index in [4.69, 9.17) is 25.5 Å². The zero-order valence-corrected chi connectivity index (χ0v) is 21.7. The van der Waals surface area contributed by atoms with Gasteiger partial charge in [0.15, 0.2) is 0 Å². The fourth-order valence-corrected chi connectivity index (χ4v) is 4.37. The zero-order chi connectivity index (χ0) is 28.3. The Hall–Kier alpha value is -3.93. The number of carbonyl (C=O) groups is 1. The molecular formula is C28H23ClF3N3O5. The van der Waals surface area contributed by atoms with Crippen LogP contribution in [-0.4, -0.2) is 47.0 Å². The van der Waals surface area contributed by atoms with Crippen LogP contribution in [0.5, 0.6) is 5.75 Å². The zero-order valence-electron chi connectivity index (χ0n) is 21.0. The number of hydrogen-bond acceptors (Lipinski definition) is 7. The molecule has 0 radical (unpaired) electrons. The number of benzene rings is 3. The Bertz CT molecular complexity index is 1540. The normalized spacial score (nSPS) is 14.3. The number of rotatable bonds is 7. The highest BCUT2D eigenvalue weighted by molar-refractivity contribution is 6.30. The minimum atomic E-state index is -4.50. The van der Waals surface area contributed by atoms with Gasteiger partial charge >= 0.3 is 17.9 Å². The molecular weight excluding hydrogens is 551 g/mol. The summed E-state index contributed by atoms with van der Waals surface area (Å²) in [5.41, 5.74) is 1.13. The fraction of sp³-hybridized carbons (Fsp3) is 0.250. The first-order chi connectivity index (χ1) is 19.2. The SMILES string of the molecule is O=C(Oc1ccc(Cl)cc1Cn1nc(-c2ccc(C(F)(F)F)cc2)oc1=O)c1ccc(CN2CCOCC2)cc1. The van der Waals surface area contributed by atoms with Gasteiger partial charge < -0.3 is 13.9 Å². The van der Waals surface area contributed by atoms with Crippen LogP contribution in [0.3, 0.4) is 0 Å². The first-order valence-corrected chi connectivity index (χ1v) is 12.7. The van der Waals surface area contributed by atoms with Crippen molar-refractivity contribution in [2.75, 3.05) is 26.3 Å². The smallest absolute Gasteiger partial charge is 0.423 e. The van der Waals surface area contributed by atoms with E-state index in [1.54, 1.807) is 12.1 Å². The lowest BCUT2D eigenvalue weighted by Gasteiger charge is -2.26. The monoisotopic (exact) mass is 573 g/mol. The van der Waals surface area contributed by atoms with E-state index in [0.29, 0.717) is 29.4 Å². The standard InChI is InChI=1S/C28H23ClF3N3O5/c29-23-9-10-24(39-26(36)20-3-1-18(2-4-20)16-34-11-13-38-14-12-34)21(15-23)17-35-27(37)40-25(33-35)19-5-7-22(8-6-19)28(30,31)32/h1-10,15H,11-14,16-17H2. The molecule has 0 unspecified atom stereocenters. The van der Waals surface area contributed by atoms with Crippen LogP contribution in [-0.2, 0) is 24.0 Å². The van der Waals surface area contributed by atoms with Crippen molar-refractivity contribution in [1.82, 2.24) is 14.7 Å². The molecule has 0 saturated carbocycles. The first-order valence-electron chi connectivity index (χ1n) is 12.3. The van der Waals surface area contributed by atoms with E-state index in [2.05, 4.69) is 10.00 Å². The second-order valence-electron chi connectivity index (χ2n) is 9.13. The highest BCUT2D eigenvalue weighted by atomic mass is 35.5. The summed E-state index contributed by atoms with van der Waals surface area (Å²) in [4.78, 5) is 27.6. The van der Waals surface area contributed by atoms with E-state index < -0.39 is 23.5 Å². The molecule has 12 heteroatoms. The summed E-state index contributed by atoms with van der Waals surface area (Å²) in [7, 11) is 0. The van der Waals surface area contributed by atoms with E-state index in [1.165, 1.54) is 18.2 Å². The largest absolute Gasteiger partial charge is 0.437 e. The Morgan fingerprint density at radius 3 is 2.35 bits per heavy atom. The predicted octanol–water partition coefficient (Wildman–Crippen LogP) is 5.28. The van der Waals surface area contributed by atoms with Gasteiger partial charge in [0, 0.05) is 35.8 Å². The van der Waals surface area contributed by atoms with Gasteiger partial charge in [-0.3, -0.25) is 4.90 Å². The molecule has 1 aromatic heterocycles. The Kier molecular flexibility index (Phi) is 8.06. The third kappa shape index (κ3) is 6.61. The van der Waals surface area contributed by atoms with Crippen LogP contribution in [0.4, 0.5) is 13.2 Å². The molecule has 0 N–H and O–H groups in total.